The van der Waals surface area contributed by atoms with Gasteiger partial charge in [0.1, 0.15) is 5.02 Å². The van der Waals surface area contributed by atoms with Crippen LogP contribution in [-0.2, 0) is 19.4 Å². The van der Waals surface area contributed by atoms with Gasteiger partial charge in [-0.25, -0.2) is 13.2 Å². The molecule has 182 valence electrons. The van der Waals surface area contributed by atoms with E-state index in [1.54, 1.807) is 18.2 Å². The van der Waals surface area contributed by atoms with E-state index in [0.29, 0.717) is 0 Å². The Morgan fingerprint density at radius 2 is 1.63 bits per heavy atom. The molecule has 0 aliphatic heterocycles. The zero-order valence-electron chi connectivity index (χ0n) is 17.4. The first-order valence-corrected chi connectivity index (χ1v) is 11.6. The minimum atomic E-state index is -4.85. The zero-order chi connectivity index (χ0) is 25.8. The van der Waals surface area contributed by atoms with Crippen molar-refractivity contribution in [1.82, 2.24) is 0 Å². The lowest BCUT2D eigenvalue weighted by atomic mass is 10.1. The Morgan fingerprint density at radius 1 is 1.00 bits per heavy atom. The maximum Gasteiger partial charge on any atom is 0.341 e. The van der Waals surface area contributed by atoms with Crippen LogP contribution in [0.4, 0.5) is 20.2 Å². The number of anilines is 1. The first-order valence-electron chi connectivity index (χ1n) is 9.63. The first-order chi connectivity index (χ1) is 16.5. The molecule has 9 nitrogen and oxygen atoms in total. The molecule has 0 spiro atoms. The molecule has 13 heteroatoms. The highest BCUT2D eigenvalue weighted by atomic mass is 35.5. The highest BCUT2D eigenvalue weighted by molar-refractivity contribution is 7.91. The molecule has 0 aromatic heterocycles. The van der Waals surface area contributed by atoms with Gasteiger partial charge in [0.05, 0.1) is 15.4 Å². The lowest BCUT2D eigenvalue weighted by molar-refractivity contribution is -0.384. The maximum absolute atomic E-state index is 13.0. The number of benzene rings is 3. The molecule has 1 N–H and O–H groups in total. The van der Waals surface area contributed by atoms with Crippen LogP contribution in [0.15, 0.2) is 77.7 Å². The molecule has 0 radical (unpaired) electrons. The normalized spacial score (nSPS) is 12.1. The molecular weight excluding hydrogens is 510 g/mol. The maximum atomic E-state index is 13.0. The SMILES string of the molecule is O=C(OC(C(=O)Nc1ccc(Cl)c([N+](=O)[O-])c1)c1ccccc1)c1ccc(S(=O)(=O)C(F)F)cc1. The summed E-state index contributed by atoms with van der Waals surface area (Å²) >= 11 is 5.78. The van der Waals surface area contributed by atoms with E-state index in [1.807, 2.05) is 0 Å². The van der Waals surface area contributed by atoms with Crippen LogP contribution in [0.2, 0.25) is 5.02 Å². The van der Waals surface area contributed by atoms with Crippen LogP contribution in [0.5, 0.6) is 0 Å². The van der Waals surface area contributed by atoms with Gasteiger partial charge in [-0.3, -0.25) is 14.9 Å². The van der Waals surface area contributed by atoms with Crippen LogP contribution in [-0.4, -0.2) is 31.0 Å². The number of hydrogen-bond acceptors (Lipinski definition) is 7. The fraction of sp³-hybridized carbons (Fsp3) is 0.0909. The van der Waals surface area contributed by atoms with E-state index < -0.39 is 49.1 Å². The predicted octanol–water partition coefficient (Wildman–Crippen LogP) is 4.78. The number of nitrogens with zero attached hydrogens (tertiary/aromatic N) is 1. The highest BCUT2D eigenvalue weighted by Gasteiger charge is 2.29. The van der Waals surface area contributed by atoms with Crippen LogP contribution < -0.4 is 5.32 Å². The Bertz CT molecular complexity index is 1370. The summed E-state index contributed by atoms with van der Waals surface area (Å²) in [7, 11) is -4.85. The monoisotopic (exact) mass is 524 g/mol. The molecule has 0 bridgehead atoms. The predicted molar refractivity (Wildman–Crippen MR) is 121 cm³/mol. The second-order valence-electron chi connectivity index (χ2n) is 6.94. The minimum absolute atomic E-state index is 0.0182. The molecule has 3 aromatic rings. The number of nitro benzene ring substituents is 1. The number of rotatable bonds is 8. The van der Waals surface area contributed by atoms with Crippen molar-refractivity contribution in [3.8, 4) is 0 Å². The lowest BCUT2D eigenvalue weighted by Gasteiger charge is -2.18. The van der Waals surface area contributed by atoms with E-state index in [1.165, 1.54) is 24.3 Å². The highest BCUT2D eigenvalue weighted by Crippen LogP contribution is 2.29. The third kappa shape index (κ3) is 5.97. The summed E-state index contributed by atoms with van der Waals surface area (Å²) in [6.07, 6.45) is -1.51. The van der Waals surface area contributed by atoms with Crippen molar-refractivity contribution in [1.29, 1.82) is 0 Å². The van der Waals surface area contributed by atoms with Crippen LogP contribution in [0.1, 0.15) is 22.0 Å². The Balaban J connectivity index is 1.86. The number of alkyl halides is 2. The van der Waals surface area contributed by atoms with Crippen molar-refractivity contribution < 1.29 is 36.4 Å². The first kappa shape index (κ1) is 25.7. The van der Waals surface area contributed by atoms with E-state index in [9.17, 15) is 36.9 Å². The Labute approximate surface area is 202 Å². The van der Waals surface area contributed by atoms with Crippen molar-refractivity contribution in [3.05, 3.63) is 99.1 Å². The van der Waals surface area contributed by atoms with Gasteiger partial charge in [-0.05, 0) is 36.4 Å². The topological polar surface area (TPSA) is 133 Å². The number of carbonyl (C=O) groups excluding carboxylic acids is 2. The van der Waals surface area contributed by atoms with E-state index in [0.717, 1.165) is 30.3 Å². The van der Waals surface area contributed by atoms with Crippen molar-refractivity contribution in [3.63, 3.8) is 0 Å². The molecule has 3 rings (SSSR count). The van der Waals surface area contributed by atoms with Gasteiger partial charge in [0.25, 0.3) is 11.6 Å². The summed E-state index contributed by atoms with van der Waals surface area (Å²) in [5.41, 5.74) is -0.367. The standard InChI is InChI=1S/C22H15ClF2N2O7S/c23-17-11-8-15(12-18(17)27(30)31)26-20(28)19(13-4-2-1-3-5-13)34-21(29)14-6-9-16(10-7-14)35(32,33)22(24)25/h1-12,19,22H,(H,26,28). The van der Waals surface area contributed by atoms with Crippen molar-refractivity contribution >= 4 is 44.7 Å². The zero-order valence-corrected chi connectivity index (χ0v) is 19.0. The number of hydrogen-bond donors (Lipinski definition) is 1. The molecule has 1 amide bonds. The average Bonchev–Trinajstić information content (AvgIpc) is 2.83. The number of esters is 1. The number of carbonyl (C=O) groups is 2. The summed E-state index contributed by atoms with van der Waals surface area (Å²) < 4.78 is 53.9. The summed E-state index contributed by atoms with van der Waals surface area (Å²) in [5.74, 6) is -5.52. The number of amides is 1. The van der Waals surface area contributed by atoms with E-state index >= 15 is 0 Å². The van der Waals surface area contributed by atoms with Crippen LogP contribution in [0.25, 0.3) is 0 Å². The Kier molecular flexibility index (Phi) is 7.77. The number of nitro groups is 1. The number of nitrogens with one attached hydrogen (secondary N) is 1. The van der Waals surface area contributed by atoms with E-state index in [4.69, 9.17) is 16.3 Å². The average molecular weight is 525 g/mol. The molecule has 3 aromatic carbocycles. The fourth-order valence-corrected chi connectivity index (χ4v) is 3.81. The summed E-state index contributed by atoms with van der Waals surface area (Å²) in [5, 5.41) is 13.4. The molecule has 1 atom stereocenters. The second-order valence-corrected chi connectivity index (χ2v) is 9.26. The van der Waals surface area contributed by atoms with E-state index in [2.05, 4.69) is 5.32 Å². The van der Waals surface area contributed by atoms with Crippen molar-refractivity contribution in [2.45, 2.75) is 16.8 Å². The summed E-state index contributed by atoms with van der Waals surface area (Å²) in [6.45, 7) is 0. The van der Waals surface area contributed by atoms with Gasteiger partial charge in [-0.2, -0.15) is 8.78 Å². The molecule has 35 heavy (non-hydrogen) atoms. The van der Waals surface area contributed by atoms with Gasteiger partial charge < -0.3 is 10.1 Å². The molecule has 0 aliphatic carbocycles. The van der Waals surface area contributed by atoms with Gasteiger partial charge in [0, 0.05) is 17.3 Å². The van der Waals surface area contributed by atoms with Crippen molar-refractivity contribution in [2.75, 3.05) is 5.32 Å². The molecular formula is C22H15ClF2N2O7S. The quantitative estimate of drug-likeness (QED) is 0.254. The lowest BCUT2D eigenvalue weighted by Crippen LogP contribution is -2.26. The smallest absolute Gasteiger partial charge is 0.341 e. The summed E-state index contributed by atoms with van der Waals surface area (Å²) in [4.78, 5) is 35.3. The molecule has 1 unspecified atom stereocenters. The molecule has 0 fully saturated rings. The fourth-order valence-electron chi connectivity index (χ4n) is 2.90. The van der Waals surface area contributed by atoms with Gasteiger partial charge >= 0.3 is 11.7 Å². The van der Waals surface area contributed by atoms with Gasteiger partial charge in [0.15, 0.2) is 0 Å². The number of halogens is 3. The van der Waals surface area contributed by atoms with E-state index in [-0.39, 0.29) is 21.8 Å². The largest absolute Gasteiger partial charge is 0.444 e. The van der Waals surface area contributed by atoms with Crippen LogP contribution in [0, 0.1) is 10.1 Å². The Morgan fingerprint density at radius 3 is 2.20 bits per heavy atom. The van der Waals surface area contributed by atoms with Gasteiger partial charge in [0.2, 0.25) is 15.9 Å². The molecule has 0 saturated carbocycles. The molecule has 0 saturated heterocycles. The third-order valence-corrected chi connectivity index (χ3v) is 6.35. The van der Waals surface area contributed by atoms with Crippen LogP contribution >= 0.6 is 11.6 Å². The minimum Gasteiger partial charge on any atom is -0.444 e. The van der Waals surface area contributed by atoms with Gasteiger partial charge in [-0.1, -0.05) is 41.9 Å². The molecule has 0 heterocycles. The summed E-state index contributed by atoms with van der Waals surface area (Å²) in [6, 6.07) is 15.0. The number of ether oxygens (including phenoxy) is 1. The van der Waals surface area contributed by atoms with Gasteiger partial charge in [-0.15, -0.1) is 0 Å². The Hall–Kier alpha value is -3.90. The van der Waals surface area contributed by atoms with Crippen LogP contribution in [0.3, 0.4) is 0 Å². The number of sulfone groups is 1. The molecule has 0 aliphatic rings. The van der Waals surface area contributed by atoms with Crippen molar-refractivity contribution in [2.24, 2.45) is 0 Å². The third-order valence-electron chi connectivity index (χ3n) is 4.63. The second kappa shape index (κ2) is 10.6.